The van der Waals surface area contributed by atoms with Crippen molar-refractivity contribution in [3.63, 3.8) is 0 Å². The quantitative estimate of drug-likeness (QED) is 0.834. The van der Waals surface area contributed by atoms with Crippen LogP contribution in [0.25, 0.3) is 0 Å². The smallest absolute Gasteiger partial charge is 0.242 e. The molecule has 0 aliphatic carbocycles. The van der Waals surface area contributed by atoms with Crippen LogP contribution in [-0.4, -0.2) is 33.1 Å². The highest BCUT2D eigenvalue weighted by Gasteiger charge is 2.30. The molecule has 3 rings (SSSR count). The Labute approximate surface area is 142 Å². The summed E-state index contributed by atoms with van der Waals surface area (Å²) >= 11 is 0. The van der Waals surface area contributed by atoms with Crippen molar-refractivity contribution in [1.82, 2.24) is 4.31 Å². The van der Waals surface area contributed by atoms with Gasteiger partial charge in [0.25, 0.3) is 0 Å². The van der Waals surface area contributed by atoms with E-state index in [2.05, 4.69) is 0 Å². The number of benzene rings is 2. The number of sulfonamides is 1. The molecule has 2 aromatic rings. The van der Waals surface area contributed by atoms with Gasteiger partial charge in [-0.15, -0.1) is 0 Å². The molecule has 1 heterocycles. The highest BCUT2D eigenvalue weighted by molar-refractivity contribution is 7.89. The van der Waals surface area contributed by atoms with Gasteiger partial charge < -0.3 is 9.47 Å². The van der Waals surface area contributed by atoms with Crippen LogP contribution in [0, 0.1) is 0 Å². The van der Waals surface area contributed by atoms with E-state index in [0.29, 0.717) is 18.0 Å². The lowest BCUT2D eigenvalue weighted by molar-refractivity contribution is 0.174. The Bertz CT molecular complexity index is 831. The van der Waals surface area contributed by atoms with Crippen molar-refractivity contribution in [2.24, 2.45) is 0 Å². The average Bonchev–Trinajstić information content (AvgIpc) is 3.02. The SMILES string of the molecule is CN(CC(C)(C)c1ccccc1)S(=O)(=O)c1ccc2c(c1)OCO2. The number of ether oxygens (including phenoxy) is 2. The first-order valence-corrected chi connectivity index (χ1v) is 9.16. The normalized spacial score (nSPS) is 14.2. The van der Waals surface area contributed by atoms with E-state index in [-0.39, 0.29) is 17.1 Å². The van der Waals surface area contributed by atoms with Gasteiger partial charge in [-0.3, -0.25) is 0 Å². The highest BCUT2D eigenvalue weighted by Crippen LogP contribution is 2.35. The molecule has 1 aliphatic rings. The summed E-state index contributed by atoms with van der Waals surface area (Å²) in [5.74, 6) is 1.04. The average molecular weight is 347 g/mol. The summed E-state index contributed by atoms with van der Waals surface area (Å²) in [6, 6.07) is 14.6. The Morgan fingerprint density at radius 2 is 1.71 bits per heavy atom. The molecule has 0 bridgehead atoms. The molecule has 0 aromatic heterocycles. The van der Waals surface area contributed by atoms with E-state index in [1.165, 1.54) is 10.4 Å². The number of likely N-dealkylation sites (N-methyl/N-ethyl adjacent to an activating group) is 1. The molecule has 0 saturated carbocycles. The van der Waals surface area contributed by atoms with Crippen LogP contribution in [0.5, 0.6) is 11.5 Å². The molecule has 0 amide bonds. The van der Waals surface area contributed by atoms with Gasteiger partial charge in [-0.2, -0.15) is 0 Å². The Kier molecular flexibility index (Phi) is 4.27. The first-order valence-electron chi connectivity index (χ1n) is 7.72. The van der Waals surface area contributed by atoms with Crippen LogP contribution in [0.3, 0.4) is 0 Å². The molecule has 128 valence electrons. The van der Waals surface area contributed by atoms with Crippen LogP contribution < -0.4 is 9.47 Å². The Morgan fingerprint density at radius 1 is 1.04 bits per heavy atom. The summed E-state index contributed by atoms with van der Waals surface area (Å²) in [4.78, 5) is 0.207. The minimum absolute atomic E-state index is 0.121. The van der Waals surface area contributed by atoms with Crippen LogP contribution >= 0.6 is 0 Å². The number of nitrogens with zero attached hydrogens (tertiary/aromatic N) is 1. The third-order valence-electron chi connectivity index (χ3n) is 4.23. The van der Waals surface area contributed by atoms with Gasteiger partial charge in [0.15, 0.2) is 11.5 Å². The lowest BCUT2D eigenvalue weighted by atomic mass is 9.85. The summed E-state index contributed by atoms with van der Waals surface area (Å²) in [7, 11) is -2.00. The van der Waals surface area contributed by atoms with Gasteiger partial charge in [0.2, 0.25) is 16.8 Å². The van der Waals surface area contributed by atoms with Gasteiger partial charge in [-0.25, -0.2) is 12.7 Å². The maximum absolute atomic E-state index is 12.9. The summed E-state index contributed by atoms with van der Waals surface area (Å²) < 4.78 is 37.6. The fourth-order valence-corrected chi connectivity index (χ4v) is 4.19. The van der Waals surface area contributed by atoms with E-state index in [4.69, 9.17) is 9.47 Å². The predicted molar refractivity (Wildman–Crippen MR) is 91.8 cm³/mol. The summed E-state index contributed by atoms with van der Waals surface area (Å²) in [5, 5.41) is 0. The molecule has 1 aliphatic heterocycles. The predicted octanol–water partition coefficient (Wildman–Crippen LogP) is 3.01. The van der Waals surface area contributed by atoms with Crippen LogP contribution in [0.1, 0.15) is 19.4 Å². The van der Waals surface area contributed by atoms with E-state index in [1.54, 1.807) is 19.2 Å². The molecule has 0 spiro atoms. The van der Waals surface area contributed by atoms with E-state index in [1.807, 2.05) is 44.2 Å². The van der Waals surface area contributed by atoms with Crippen LogP contribution in [0.4, 0.5) is 0 Å². The zero-order chi connectivity index (χ0) is 17.4. The molecule has 5 nitrogen and oxygen atoms in total. The van der Waals surface area contributed by atoms with Crippen molar-refractivity contribution in [1.29, 1.82) is 0 Å². The molecule has 0 radical (unpaired) electrons. The van der Waals surface area contributed by atoms with Crippen LogP contribution in [0.2, 0.25) is 0 Å². The second kappa shape index (κ2) is 6.11. The van der Waals surface area contributed by atoms with E-state index in [9.17, 15) is 8.42 Å². The molecule has 24 heavy (non-hydrogen) atoms. The van der Waals surface area contributed by atoms with Crippen LogP contribution in [-0.2, 0) is 15.4 Å². The lowest BCUT2D eigenvalue weighted by Gasteiger charge is -2.30. The first kappa shape index (κ1) is 16.8. The Balaban J connectivity index is 1.84. The molecule has 0 unspecified atom stereocenters. The monoisotopic (exact) mass is 347 g/mol. The molecule has 0 fully saturated rings. The molecule has 0 atom stereocenters. The van der Waals surface area contributed by atoms with Crippen molar-refractivity contribution >= 4 is 10.0 Å². The minimum Gasteiger partial charge on any atom is -0.454 e. The third kappa shape index (κ3) is 3.12. The fourth-order valence-electron chi connectivity index (χ4n) is 2.84. The van der Waals surface area contributed by atoms with Crippen molar-refractivity contribution < 1.29 is 17.9 Å². The number of hydrogen-bond acceptors (Lipinski definition) is 4. The summed E-state index contributed by atoms with van der Waals surface area (Å²) in [6.07, 6.45) is 0. The van der Waals surface area contributed by atoms with Gasteiger partial charge in [-0.1, -0.05) is 44.2 Å². The van der Waals surface area contributed by atoms with Gasteiger partial charge >= 0.3 is 0 Å². The maximum Gasteiger partial charge on any atom is 0.242 e. The molecular weight excluding hydrogens is 326 g/mol. The second-order valence-corrected chi connectivity index (χ2v) is 8.57. The zero-order valence-corrected chi connectivity index (χ0v) is 14.8. The maximum atomic E-state index is 12.9. The molecular formula is C18H21NO4S. The van der Waals surface area contributed by atoms with Gasteiger partial charge in [0.1, 0.15) is 0 Å². The number of hydrogen-bond donors (Lipinski definition) is 0. The Morgan fingerprint density at radius 3 is 2.42 bits per heavy atom. The zero-order valence-electron chi connectivity index (χ0n) is 14.0. The number of fused-ring (bicyclic) bond motifs is 1. The second-order valence-electron chi connectivity index (χ2n) is 6.53. The number of rotatable bonds is 5. The van der Waals surface area contributed by atoms with E-state index >= 15 is 0 Å². The van der Waals surface area contributed by atoms with E-state index < -0.39 is 10.0 Å². The first-order chi connectivity index (χ1) is 11.3. The topological polar surface area (TPSA) is 55.8 Å². The standard InChI is InChI=1S/C18H21NO4S/c1-18(2,14-7-5-4-6-8-14)12-19(3)24(20,21)15-9-10-16-17(11-15)23-13-22-16/h4-11H,12-13H2,1-3H3. The minimum atomic E-state index is -3.60. The summed E-state index contributed by atoms with van der Waals surface area (Å²) in [6.45, 7) is 4.56. The van der Waals surface area contributed by atoms with Crippen LogP contribution in [0.15, 0.2) is 53.4 Å². The van der Waals surface area contributed by atoms with Crippen molar-refractivity contribution in [2.75, 3.05) is 20.4 Å². The van der Waals surface area contributed by atoms with E-state index in [0.717, 1.165) is 5.56 Å². The van der Waals surface area contributed by atoms with Crippen molar-refractivity contribution in [3.8, 4) is 11.5 Å². The largest absolute Gasteiger partial charge is 0.454 e. The fraction of sp³-hybridized carbons (Fsp3) is 0.333. The van der Waals surface area contributed by atoms with Gasteiger partial charge in [-0.05, 0) is 17.7 Å². The Hall–Kier alpha value is -2.05. The summed E-state index contributed by atoms with van der Waals surface area (Å²) in [5.41, 5.74) is 0.789. The highest BCUT2D eigenvalue weighted by atomic mass is 32.2. The molecule has 2 aromatic carbocycles. The van der Waals surface area contributed by atoms with Gasteiger partial charge in [0.05, 0.1) is 4.90 Å². The molecule has 6 heteroatoms. The van der Waals surface area contributed by atoms with Gasteiger partial charge in [0, 0.05) is 25.1 Å². The lowest BCUT2D eigenvalue weighted by Crippen LogP contribution is -2.38. The van der Waals surface area contributed by atoms with Crippen molar-refractivity contribution in [2.45, 2.75) is 24.2 Å². The molecule has 0 N–H and O–H groups in total. The molecule has 0 saturated heterocycles. The van der Waals surface area contributed by atoms with Crippen molar-refractivity contribution in [3.05, 3.63) is 54.1 Å². The third-order valence-corrected chi connectivity index (χ3v) is 6.02.